The predicted molar refractivity (Wildman–Crippen MR) is 62.2 cm³/mol. The van der Waals surface area contributed by atoms with E-state index in [1.165, 1.54) is 0 Å². The number of terminal acetylenes is 2. The predicted octanol–water partition coefficient (Wildman–Crippen LogP) is 1.25. The van der Waals surface area contributed by atoms with Crippen LogP contribution in [-0.2, 0) is 6.61 Å². The highest BCUT2D eigenvalue weighted by Gasteiger charge is 2.02. The maximum atomic E-state index is 8.90. The molecule has 0 atom stereocenters. The Kier molecular flexibility index (Phi) is 4.29. The van der Waals surface area contributed by atoms with Crippen LogP contribution in [0.25, 0.3) is 0 Å². The Morgan fingerprint density at radius 3 is 2.00 bits per heavy atom. The van der Waals surface area contributed by atoms with Crippen LogP contribution in [-0.4, -0.2) is 18.2 Å². The first kappa shape index (κ1) is 11.2. The van der Waals surface area contributed by atoms with Crippen LogP contribution in [0.15, 0.2) is 24.3 Å². The third kappa shape index (κ3) is 3.06. The summed E-state index contributed by atoms with van der Waals surface area (Å²) in [6.07, 6.45) is 10.5. The van der Waals surface area contributed by atoms with Gasteiger partial charge in [-0.15, -0.1) is 12.8 Å². The lowest BCUT2D eigenvalue weighted by Gasteiger charge is -2.19. The van der Waals surface area contributed by atoms with Gasteiger partial charge in [-0.25, -0.2) is 0 Å². The first-order valence-electron chi connectivity index (χ1n) is 4.63. The van der Waals surface area contributed by atoms with Crippen molar-refractivity contribution in [2.24, 2.45) is 0 Å². The zero-order valence-electron chi connectivity index (χ0n) is 8.48. The molecular formula is C13H13NO. The number of aliphatic hydroxyl groups is 1. The van der Waals surface area contributed by atoms with Crippen LogP contribution >= 0.6 is 0 Å². The molecule has 0 spiro atoms. The molecule has 1 N–H and O–H groups in total. The minimum atomic E-state index is 0.0462. The van der Waals surface area contributed by atoms with Crippen molar-refractivity contribution in [2.45, 2.75) is 6.61 Å². The molecule has 0 radical (unpaired) electrons. The van der Waals surface area contributed by atoms with E-state index in [4.69, 9.17) is 18.0 Å². The van der Waals surface area contributed by atoms with Crippen molar-refractivity contribution in [3.63, 3.8) is 0 Å². The highest BCUT2D eigenvalue weighted by molar-refractivity contribution is 5.49. The van der Waals surface area contributed by atoms with E-state index in [1.54, 1.807) is 0 Å². The van der Waals surface area contributed by atoms with Crippen molar-refractivity contribution in [1.29, 1.82) is 0 Å². The van der Waals surface area contributed by atoms with E-state index < -0.39 is 0 Å². The summed E-state index contributed by atoms with van der Waals surface area (Å²) in [5, 5.41) is 8.90. The molecule has 0 aliphatic rings. The summed E-state index contributed by atoms with van der Waals surface area (Å²) in [4.78, 5) is 1.92. The fourth-order valence-electron chi connectivity index (χ4n) is 1.27. The standard InChI is InChI=1S/C13H13NO/c1-3-9-14(10-4-2)13-7-5-12(11-15)6-8-13/h1-2,5-8,15H,9-11H2. The average molecular weight is 199 g/mol. The molecule has 0 aliphatic carbocycles. The second-order valence-electron chi connectivity index (χ2n) is 3.09. The topological polar surface area (TPSA) is 23.5 Å². The highest BCUT2D eigenvalue weighted by atomic mass is 16.3. The van der Waals surface area contributed by atoms with Gasteiger partial charge in [0.05, 0.1) is 19.7 Å². The van der Waals surface area contributed by atoms with E-state index in [2.05, 4.69) is 11.8 Å². The average Bonchev–Trinajstić information content (AvgIpc) is 2.29. The molecule has 1 aromatic carbocycles. The molecule has 0 heterocycles. The van der Waals surface area contributed by atoms with Gasteiger partial charge in [0.1, 0.15) is 0 Å². The van der Waals surface area contributed by atoms with Gasteiger partial charge in [-0.1, -0.05) is 24.0 Å². The minimum Gasteiger partial charge on any atom is -0.392 e. The van der Waals surface area contributed by atoms with Crippen LogP contribution in [0.2, 0.25) is 0 Å². The summed E-state index contributed by atoms with van der Waals surface area (Å²) in [5.74, 6) is 5.12. The number of anilines is 1. The first-order valence-corrected chi connectivity index (χ1v) is 4.63. The van der Waals surface area contributed by atoms with Gasteiger partial charge in [0.25, 0.3) is 0 Å². The van der Waals surface area contributed by atoms with Gasteiger partial charge in [0, 0.05) is 5.69 Å². The van der Waals surface area contributed by atoms with Gasteiger partial charge >= 0.3 is 0 Å². The van der Waals surface area contributed by atoms with E-state index in [9.17, 15) is 0 Å². The van der Waals surface area contributed by atoms with E-state index in [0.29, 0.717) is 13.1 Å². The fourth-order valence-corrected chi connectivity index (χ4v) is 1.27. The Bertz CT molecular complexity index is 364. The third-order valence-electron chi connectivity index (χ3n) is 2.05. The van der Waals surface area contributed by atoms with Crippen molar-refractivity contribution in [3.8, 4) is 24.7 Å². The summed E-state index contributed by atoms with van der Waals surface area (Å²) in [5.41, 5.74) is 1.85. The van der Waals surface area contributed by atoms with Crippen molar-refractivity contribution in [3.05, 3.63) is 29.8 Å². The molecule has 2 nitrogen and oxygen atoms in total. The van der Waals surface area contributed by atoms with Gasteiger partial charge in [0.2, 0.25) is 0 Å². The van der Waals surface area contributed by atoms with Crippen molar-refractivity contribution in [2.75, 3.05) is 18.0 Å². The van der Waals surface area contributed by atoms with E-state index in [-0.39, 0.29) is 6.61 Å². The maximum Gasteiger partial charge on any atom is 0.0801 e. The summed E-state index contributed by atoms with van der Waals surface area (Å²) in [7, 11) is 0. The number of benzene rings is 1. The molecule has 1 aromatic rings. The summed E-state index contributed by atoms with van der Waals surface area (Å²) in [6.45, 7) is 1.02. The second-order valence-corrected chi connectivity index (χ2v) is 3.09. The normalized spacial score (nSPS) is 9.00. The van der Waals surface area contributed by atoms with Crippen LogP contribution in [0.5, 0.6) is 0 Å². The van der Waals surface area contributed by atoms with E-state index in [0.717, 1.165) is 11.3 Å². The molecule has 0 saturated heterocycles. The Morgan fingerprint density at radius 1 is 1.07 bits per heavy atom. The Morgan fingerprint density at radius 2 is 1.60 bits per heavy atom. The van der Waals surface area contributed by atoms with E-state index in [1.807, 2.05) is 29.2 Å². The van der Waals surface area contributed by atoms with Crippen LogP contribution in [0.1, 0.15) is 5.56 Å². The molecule has 76 valence electrons. The Labute approximate surface area is 90.5 Å². The van der Waals surface area contributed by atoms with Crippen LogP contribution in [0.4, 0.5) is 5.69 Å². The lowest BCUT2D eigenvalue weighted by atomic mass is 10.2. The quantitative estimate of drug-likeness (QED) is 0.738. The molecule has 0 amide bonds. The van der Waals surface area contributed by atoms with Crippen LogP contribution < -0.4 is 4.90 Å². The molecule has 15 heavy (non-hydrogen) atoms. The molecule has 2 heteroatoms. The first-order chi connectivity index (χ1) is 7.31. The SMILES string of the molecule is C#CCN(CC#C)c1ccc(CO)cc1. The molecule has 0 aromatic heterocycles. The summed E-state index contributed by atoms with van der Waals surface area (Å²) in [6, 6.07) is 7.52. The second kappa shape index (κ2) is 5.75. The number of aliphatic hydroxyl groups excluding tert-OH is 1. The number of hydrogen-bond acceptors (Lipinski definition) is 2. The lowest BCUT2D eigenvalue weighted by molar-refractivity contribution is 0.282. The molecule has 0 fully saturated rings. The smallest absolute Gasteiger partial charge is 0.0801 e. The molecule has 0 bridgehead atoms. The zero-order valence-corrected chi connectivity index (χ0v) is 8.48. The van der Waals surface area contributed by atoms with Crippen molar-refractivity contribution in [1.82, 2.24) is 0 Å². The molecule has 1 rings (SSSR count). The molecular weight excluding hydrogens is 186 g/mol. The van der Waals surface area contributed by atoms with Crippen molar-refractivity contribution < 1.29 is 5.11 Å². The maximum absolute atomic E-state index is 8.90. The third-order valence-corrected chi connectivity index (χ3v) is 2.05. The largest absolute Gasteiger partial charge is 0.392 e. The Hall–Kier alpha value is -1.90. The highest BCUT2D eigenvalue weighted by Crippen LogP contribution is 2.14. The molecule has 0 saturated carbocycles. The lowest BCUT2D eigenvalue weighted by Crippen LogP contribution is -2.23. The number of rotatable bonds is 4. The van der Waals surface area contributed by atoms with Gasteiger partial charge in [-0.2, -0.15) is 0 Å². The minimum absolute atomic E-state index is 0.0462. The van der Waals surface area contributed by atoms with Gasteiger partial charge in [0.15, 0.2) is 0 Å². The van der Waals surface area contributed by atoms with Gasteiger partial charge in [-0.05, 0) is 17.7 Å². The van der Waals surface area contributed by atoms with Crippen molar-refractivity contribution >= 4 is 5.69 Å². The zero-order chi connectivity index (χ0) is 11.1. The fraction of sp³-hybridized carbons (Fsp3) is 0.231. The molecule has 0 unspecified atom stereocenters. The van der Waals surface area contributed by atoms with Gasteiger partial charge in [-0.3, -0.25) is 0 Å². The monoisotopic (exact) mass is 199 g/mol. The van der Waals surface area contributed by atoms with Crippen LogP contribution in [0, 0.1) is 24.7 Å². The number of hydrogen-bond donors (Lipinski definition) is 1. The van der Waals surface area contributed by atoms with Gasteiger partial charge < -0.3 is 10.0 Å². The molecule has 0 aliphatic heterocycles. The Balaban J connectivity index is 2.83. The van der Waals surface area contributed by atoms with E-state index >= 15 is 0 Å². The van der Waals surface area contributed by atoms with Crippen LogP contribution in [0.3, 0.4) is 0 Å². The number of nitrogens with zero attached hydrogens (tertiary/aromatic N) is 1. The summed E-state index contributed by atoms with van der Waals surface area (Å²) >= 11 is 0. The summed E-state index contributed by atoms with van der Waals surface area (Å²) < 4.78 is 0.